The van der Waals surface area contributed by atoms with Crippen molar-refractivity contribution in [3.8, 4) is 11.4 Å². The summed E-state index contributed by atoms with van der Waals surface area (Å²) in [7, 11) is 0. The molecule has 2 aromatic heterocycles. The zero-order valence-corrected chi connectivity index (χ0v) is 19.7. The van der Waals surface area contributed by atoms with E-state index in [2.05, 4.69) is 20.0 Å². The molecule has 1 aliphatic heterocycles. The standard InChI is InChI=1S/C28H25N5O3/c34-25(19-6-2-1-3-7-19)22-8-4-5-9-23(22)28(35)33-16-14-32(15-17-33)24-13-12-21(18-29-24)26-30-27(36-31-26)20-10-11-20/h1-9,12-13,18,20H,10-11,14-17H2. The number of anilines is 1. The molecule has 1 saturated heterocycles. The van der Waals surface area contributed by atoms with Gasteiger partial charge in [0.05, 0.1) is 5.56 Å². The molecule has 1 amide bonds. The fourth-order valence-corrected chi connectivity index (χ4v) is 4.48. The van der Waals surface area contributed by atoms with Gasteiger partial charge in [-0.3, -0.25) is 9.59 Å². The first-order valence-electron chi connectivity index (χ1n) is 12.2. The number of carbonyl (C=O) groups excluding carboxylic acids is 2. The molecule has 0 bridgehead atoms. The number of rotatable bonds is 6. The van der Waals surface area contributed by atoms with E-state index >= 15 is 0 Å². The van der Waals surface area contributed by atoms with E-state index in [1.54, 1.807) is 47.5 Å². The predicted molar refractivity (Wildman–Crippen MR) is 134 cm³/mol. The van der Waals surface area contributed by atoms with E-state index < -0.39 is 0 Å². The fraction of sp³-hybridized carbons (Fsp3) is 0.250. The largest absolute Gasteiger partial charge is 0.353 e. The van der Waals surface area contributed by atoms with Crippen LogP contribution in [-0.2, 0) is 0 Å². The SMILES string of the molecule is O=C(c1ccccc1)c1ccccc1C(=O)N1CCN(c2ccc(-c3noc(C4CC4)n3)cn2)CC1. The van der Waals surface area contributed by atoms with Crippen molar-refractivity contribution in [1.82, 2.24) is 20.0 Å². The van der Waals surface area contributed by atoms with Crippen LogP contribution in [0.2, 0.25) is 0 Å². The lowest BCUT2D eigenvalue weighted by Gasteiger charge is -2.35. The van der Waals surface area contributed by atoms with Gasteiger partial charge in [0.2, 0.25) is 11.7 Å². The molecule has 0 N–H and O–H groups in total. The molecule has 0 radical (unpaired) electrons. The highest BCUT2D eigenvalue weighted by atomic mass is 16.5. The molecule has 2 aliphatic rings. The molecule has 1 aliphatic carbocycles. The lowest BCUT2D eigenvalue weighted by Crippen LogP contribution is -2.49. The van der Waals surface area contributed by atoms with E-state index in [0.29, 0.717) is 60.5 Å². The van der Waals surface area contributed by atoms with Crippen molar-refractivity contribution in [3.05, 3.63) is 95.5 Å². The second-order valence-electron chi connectivity index (χ2n) is 9.16. The van der Waals surface area contributed by atoms with Crippen molar-refractivity contribution in [1.29, 1.82) is 0 Å². The summed E-state index contributed by atoms with van der Waals surface area (Å²) >= 11 is 0. The summed E-state index contributed by atoms with van der Waals surface area (Å²) in [6, 6.07) is 20.0. The maximum Gasteiger partial charge on any atom is 0.254 e. The van der Waals surface area contributed by atoms with Crippen molar-refractivity contribution in [2.75, 3.05) is 31.1 Å². The lowest BCUT2D eigenvalue weighted by atomic mass is 9.97. The zero-order valence-electron chi connectivity index (χ0n) is 19.7. The molecule has 0 atom stereocenters. The van der Waals surface area contributed by atoms with E-state index in [1.165, 1.54) is 0 Å². The summed E-state index contributed by atoms with van der Waals surface area (Å²) in [6.07, 6.45) is 3.99. The van der Waals surface area contributed by atoms with Gasteiger partial charge in [-0.1, -0.05) is 53.7 Å². The number of amides is 1. The third kappa shape index (κ3) is 4.37. The normalized spacial score (nSPS) is 15.7. The topological polar surface area (TPSA) is 92.4 Å². The van der Waals surface area contributed by atoms with Gasteiger partial charge in [0.15, 0.2) is 5.78 Å². The van der Waals surface area contributed by atoms with E-state index in [0.717, 1.165) is 24.2 Å². The Morgan fingerprint density at radius 1 is 0.833 bits per heavy atom. The van der Waals surface area contributed by atoms with Crippen molar-refractivity contribution in [2.24, 2.45) is 0 Å². The van der Waals surface area contributed by atoms with Gasteiger partial charge in [-0.15, -0.1) is 0 Å². The number of pyridine rings is 1. The Hall–Kier alpha value is -4.33. The second-order valence-corrected chi connectivity index (χ2v) is 9.16. The van der Waals surface area contributed by atoms with Gasteiger partial charge >= 0.3 is 0 Å². The van der Waals surface area contributed by atoms with Crippen LogP contribution in [0.4, 0.5) is 5.82 Å². The summed E-state index contributed by atoms with van der Waals surface area (Å²) in [6.45, 7) is 2.40. The third-order valence-electron chi connectivity index (χ3n) is 6.70. The fourth-order valence-electron chi connectivity index (χ4n) is 4.48. The van der Waals surface area contributed by atoms with Gasteiger partial charge in [0.25, 0.3) is 5.91 Å². The highest BCUT2D eigenvalue weighted by Gasteiger charge is 2.30. The monoisotopic (exact) mass is 479 g/mol. The molecule has 8 heteroatoms. The average molecular weight is 480 g/mol. The van der Waals surface area contributed by atoms with Gasteiger partial charge in [-0.05, 0) is 31.0 Å². The first-order chi connectivity index (χ1) is 17.7. The van der Waals surface area contributed by atoms with Crippen molar-refractivity contribution in [2.45, 2.75) is 18.8 Å². The van der Waals surface area contributed by atoms with Gasteiger partial charge in [0, 0.05) is 55.0 Å². The highest BCUT2D eigenvalue weighted by molar-refractivity contribution is 6.15. The van der Waals surface area contributed by atoms with E-state index in [-0.39, 0.29) is 11.7 Å². The molecule has 6 rings (SSSR count). The number of carbonyl (C=O) groups is 2. The summed E-state index contributed by atoms with van der Waals surface area (Å²) in [4.78, 5) is 39.5. The minimum absolute atomic E-state index is 0.124. The molecule has 2 aromatic carbocycles. The van der Waals surface area contributed by atoms with Crippen LogP contribution < -0.4 is 4.90 Å². The van der Waals surface area contributed by atoms with Crippen LogP contribution in [0.1, 0.15) is 50.9 Å². The zero-order chi connectivity index (χ0) is 24.5. The van der Waals surface area contributed by atoms with Crippen molar-refractivity contribution < 1.29 is 14.1 Å². The Kier molecular flexibility index (Phi) is 5.77. The molecule has 0 spiro atoms. The number of nitrogens with zero attached hydrogens (tertiary/aromatic N) is 5. The quantitative estimate of drug-likeness (QED) is 0.383. The van der Waals surface area contributed by atoms with Crippen LogP contribution in [0.5, 0.6) is 0 Å². The van der Waals surface area contributed by atoms with E-state index in [4.69, 9.17) is 4.52 Å². The van der Waals surface area contributed by atoms with Gasteiger partial charge in [0.1, 0.15) is 5.82 Å². The molecule has 1 saturated carbocycles. The maximum atomic E-state index is 13.4. The number of piperazine rings is 1. The number of hydrogen-bond donors (Lipinski definition) is 0. The predicted octanol–water partition coefficient (Wildman–Crippen LogP) is 4.20. The smallest absolute Gasteiger partial charge is 0.254 e. The number of hydrogen-bond acceptors (Lipinski definition) is 7. The Morgan fingerprint density at radius 3 is 2.25 bits per heavy atom. The maximum absolute atomic E-state index is 13.4. The molecular weight excluding hydrogens is 454 g/mol. The molecule has 2 fully saturated rings. The molecule has 4 aromatic rings. The van der Waals surface area contributed by atoms with Crippen LogP contribution in [0.25, 0.3) is 11.4 Å². The van der Waals surface area contributed by atoms with E-state index in [1.807, 2.05) is 30.3 Å². The molecule has 36 heavy (non-hydrogen) atoms. The van der Waals surface area contributed by atoms with Gasteiger partial charge < -0.3 is 14.3 Å². The number of ketones is 1. The summed E-state index contributed by atoms with van der Waals surface area (Å²) < 4.78 is 5.35. The molecule has 3 heterocycles. The summed E-state index contributed by atoms with van der Waals surface area (Å²) in [5, 5.41) is 4.08. The molecule has 0 unspecified atom stereocenters. The average Bonchev–Trinajstić information content (AvgIpc) is 3.69. The third-order valence-corrected chi connectivity index (χ3v) is 6.70. The van der Waals surface area contributed by atoms with Crippen LogP contribution in [0.3, 0.4) is 0 Å². The Labute approximate surface area is 208 Å². The van der Waals surface area contributed by atoms with Crippen LogP contribution in [0, 0.1) is 0 Å². The Bertz CT molecular complexity index is 1390. The first-order valence-corrected chi connectivity index (χ1v) is 12.2. The minimum Gasteiger partial charge on any atom is -0.353 e. The van der Waals surface area contributed by atoms with E-state index in [9.17, 15) is 9.59 Å². The molecule has 8 nitrogen and oxygen atoms in total. The van der Waals surface area contributed by atoms with Gasteiger partial charge in [-0.2, -0.15) is 4.98 Å². The summed E-state index contributed by atoms with van der Waals surface area (Å²) in [5.41, 5.74) is 2.26. The van der Waals surface area contributed by atoms with Crippen LogP contribution in [-0.4, -0.2) is 57.9 Å². The van der Waals surface area contributed by atoms with Gasteiger partial charge in [-0.25, -0.2) is 4.98 Å². The highest BCUT2D eigenvalue weighted by Crippen LogP contribution is 2.39. The number of benzene rings is 2. The summed E-state index contributed by atoms with van der Waals surface area (Å²) in [5.74, 6) is 2.27. The molecular formula is C28H25N5O3. The van der Waals surface area contributed by atoms with Crippen LogP contribution in [0.15, 0.2) is 77.4 Å². The van der Waals surface area contributed by atoms with Crippen molar-refractivity contribution >= 4 is 17.5 Å². The van der Waals surface area contributed by atoms with Crippen LogP contribution >= 0.6 is 0 Å². The first kappa shape index (κ1) is 22.2. The lowest BCUT2D eigenvalue weighted by molar-refractivity contribution is 0.0742. The molecule has 180 valence electrons. The Balaban J connectivity index is 1.12. The minimum atomic E-state index is -0.145. The van der Waals surface area contributed by atoms with Crippen molar-refractivity contribution in [3.63, 3.8) is 0 Å². The Morgan fingerprint density at radius 2 is 1.56 bits per heavy atom. The second kappa shape index (κ2) is 9.37. The number of aromatic nitrogens is 3.